The average molecular weight is 121 g/mol. The minimum atomic E-state index is -0.373. The molecular formula is C8H9O+. The maximum Gasteiger partial charge on any atom is 0.122 e. The van der Waals surface area contributed by atoms with E-state index in [-0.39, 0.29) is 6.10 Å². The van der Waals surface area contributed by atoms with Crippen molar-refractivity contribution in [2.45, 2.75) is 13.0 Å². The maximum absolute atomic E-state index is 9.00. The third kappa shape index (κ3) is 1.49. The Bertz CT molecular complexity index is 173. The van der Waals surface area contributed by atoms with Crippen LogP contribution in [0.1, 0.15) is 6.92 Å². The van der Waals surface area contributed by atoms with Crippen LogP contribution in [0, 0.1) is 6.08 Å². The summed E-state index contributed by atoms with van der Waals surface area (Å²) in [5, 5.41) is 9.00. The first-order valence-corrected chi connectivity index (χ1v) is 2.95. The highest BCUT2D eigenvalue weighted by molar-refractivity contribution is 5.31. The molecule has 0 bridgehead atoms. The Hall–Kier alpha value is -0.910. The summed E-state index contributed by atoms with van der Waals surface area (Å²) >= 11 is 0. The zero-order chi connectivity index (χ0) is 6.69. The SMILES string of the molecule is C[C@H](O)C1=CC=C[C+]=C1. The summed E-state index contributed by atoms with van der Waals surface area (Å²) in [6, 6.07) is 0. The summed E-state index contributed by atoms with van der Waals surface area (Å²) in [7, 11) is 0. The fourth-order valence-corrected chi connectivity index (χ4v) is 0.667. The van der Waals surface area contributed by atoms with Gasteiger partial charge in [0, 0.05) is 12.2 Å². The van der Waals surface area contributed by atoms with Crippen LogP contribution in [0.2, 0.25) is 0 Å². The predicted octanol–water partition coefficient (Wildman–Crippen LogP) is 1.22. The molecule has 1 N–H and O–H groups in total. The van der Waals surface area contributed by atoms with Crippen molar-refractivity contribution in [1.29, 1.82) is 0 Å². The second-order valence-electron chi connectivity index (χ2n) is 2.01. The van der Waals surface area contributed by atoms with E-state index in [1.54, 1.807) is 13.0 Å². The Kier molecular flexibility index (Phi) is 1.78. The monoisotopic (exact) mass is 121 g/mol. The van der Waals surface area contributed by atoms with Crippen molar-refractivity contribution >= 4 is 0 Å². The molecule has 0 aliphatic heterocycles. The van der Waals surface area contributed by atoms with Crippen LogP contribution >= 0.6 is 0 Å². The van der Waals surface area contributed by atoms with Crippen molar-refractivity contribution in [2.24, 2.45) is 0 Å². The van der Waals surface area contributed by atoms with Crippen LogP contribution in [0.5, 0.6) is 0 Å². The van der Waals surface area contributed by atoms with E-state index >= 15 is 0 Å². The van der Waals surface area contributed by atoms with Crippen LogP contribution in [0.3, 0.4) is 0 Å². The summed E-state index contributed by atoms with van der Waals surface area (Å²) < 4.78 is 0. The summed E-state index contributed by atoms with van der Waals surface area (Å²) in [5.41, 5.74) is 0.914. The maximum atomic E-state index is 9.00. The summed E-state index contributed by atoms with van der Waals surface area (Å²) in [5.74, 6) is 0. The lowest BCUT2D eigenvalue weighted by Gasteiger charge is -1.96. The van der Waals surface area contributed by atoms with Gasteiger partial charge in [0.25, 0.3) is 0 Å². The molecule has 1 aliphatic rings. The Morgan fingerprint density at radius 3 is 2.78 bits per heavy atom. The molecule has 1 nitrogen and oxygen atoms in total. The van der Waals surface area contributed by atoms with E-state index in [1.165, 1.54) is 0 Å². The quantitative estimate of drug-likeness (QED) is 0.517. The average Bonchev–Trinajstić information content (AvgIpc) is 1.90. The van der Waals surface area contributed by atoms with Crippen molar-refractivity contribution in [3.63, 3.8) is 0 Å². The number of allylic oxidation sites excluding steroid dienone is 4. The smallest absolute Gasteiger partial charge is 0.122 e. The Morgan fingerprint density at radius 1 is 1.67 bits per heavy atom. The van der Waals surface area contributed by atoms with Gasteiger partial charge >= 0.3 is 0 Å². The molecule has 0 aromatic heterocycles. The molecular weight excluding hydrogens is 112 g/mol. The second kappa shape index (κ2) is 2.58. The number of hydrogen-bond donors (Lipinski definition) is 1. The van der Waals surface area contributed by atoms with Crippen LogP contribution < -0.4 is 0 Å². The van der Waals surface area contributed by atoms with Crippen molar-refractivity contribution in [3.05, 3.63) is 36.0 Å². The molecule has 0 aromatic rings. The first-order chi connectivity index (χ1) is 4.30. The van der Waals surface area contributed by atoms with Crippen molar-refractivity contribution in [1.82, 2.24) is 0 Å². The van der Waals surface area contributed by atoms with E-state index < -0.39 is 0 Å². The molecule has 9 heavy (non-hydrogen) atoms. The van der Waals surface area contributed by atoms with Crippen molar-refractivity contribution in [2.75, 3.05) is 0 Å². The molecule has 0 heterocycles. The third-order valence-corrected chi connectivity index (χ3v) is 1.21. The molecule has 0 spiro atoms. The van der Waals surface area contributed by atoms with Crippen molar-refractivity contribution < 1.29 is 5.11 Å². The van der Waals surface area contributed by atoms with Gasteiger partial charge in [0.05, 0.1) is 11.6 Å². The summed E-state index contributed by atoms with van der Waals surface area (Å²) in [6.07, 6.45) is 9.84. The van der Waals surface area contributed by atoms with Gasteiger partial charge < -0.3 is 5.11 Å². The third-order valence-electron chi connectivity index (χ3n) is 1.21. The van der Waals surface area contributed by atoms with E-state index in [0.29, 0.717) is 0 Å². The molecule has 0 radical (unpaired) electrons. The lowest BCUT2D eigenvalue weighted by Crippen LogP contribution is -2.02. The lowest BCUT2D eigenvalue weighted by molar-refractivity contribution is 0.235. The number of aliphatic hydroxyl groups is 1. The van der Waals surface area contributed by atoms with E-state index in [9.17, 15) is 0 Å². The van der Waals surface area contributed by atoms with Gasteiger partial charge in [0.2, 0.25) is 0 Å². The van der Waals surface area contributed by atoms with Gasteiger partial charge in [0.1, 0.15) is 18.3 Å². The van der Waals surface area contributed by atoms with Gasteiger partial charge in [-0.05, 0) is 6.92 Å². The molecule has 0 saturated carbocycles. The van der Waals surface area contributed by atoms with Crippen LogP contribution in [0.25, 0.3) is 0 Å². The normalized spacial score (nSPS) is 18.7. The molecule has 1 heteroatoms. The number of hydrogen-bond acceptors (Lipinski definition) is 1. The fourth-order valence-electron chi connectivity index (χ4n) is 0.667. The van der Waals surface area contributed by atoms with Gasteiger partial charge in [0.15, 0.2) is 0 Å². The molecule has 1 aliphatic carbocycles. The van der Waals surface area contributed by atoms with E-state index in [4.69, 9.17) is 5.11 Å². The highest BCUT2D eigenvalue weighted by Gasteiger charge is 2.07. The minimum absolute atomic E-state index is 0.373. The highest BCUT2D eigenvalue weighted by Crippen LogP contribution is 2.06. The fraction of sp³-hybridized carbons (Fsp3) is 0.250. The van der Waals surface area contributed by atoms with Gasteiger partial charge in [-0.25, -0.2) is 0 Å². The van der Waals surface area contributed by atoms with E-state index in [1.807, 2.05) is 18.2 Å². The van der Waals surface area contributed by atoms with Gasteiger partial charge in [-0.15, -0.1) is 0 Å². The Balaban J connectivity index is 2.72. The van der Waals surface area contributed by atoms with Crippen LogP contribution in [-0.2, 0) is 0 Å². The Labute approximate surface area is 55.0 Å². The number of aliphatic hydroxyl groups excluding tert-OH is 1. The zero-order valence-corrected chi connectivity index (χ0v) is 5.33. The lowest BCUT2D eigenvalue weighted by atomic mass is 10.1. The molecule has 46 valence electrons. The first kappa shape index (κ1) is 6.21. The van der Waals surface area contributed by atoms with Crippen LogP contribution in [0.15, 0.2) is 29.9 Å². The summed E-state index contributed by atoms with van der Waals surface area (Å²) in [4.78, 5) is 0. The molecule has 0 aromatic carbocycles. The molecule has 0 amide bonds. The van der Waals surface area contributed by atoms with Gasteiger partial charge in [-0.2, -0.15) is 0 Å². The molecule has 0 saturated heterocycles. The standard InChI is InChI=1S/C8H9O/c1-7(9)8-5-3-2-4-6-8/h2-3,5-7,9H,1H3/q+1/t7-/m0/s1. The molecule has 1 rings (SSSR count). The molecule has 0 fully saturated rings. The molecule has 0 unspecified atom stereocenters. The van der Waals surface area contributed by atoms with Crippen molar-refractivity contribution in [3.8, 4) is 0 Å². The zero-order valence-electron chi connectivity index (χ0n) is 5.33. The topological polar surface area (TPSA) is 20.2 Å². The summed E-state index contributed by atoms with van der Waals surface area (Å²) in [6.45, 7) is 1.74. The van der Waals surface area contributed by atoms with Crippen LogP contribution in [-0.4, -0.2) is 11.2 Å². The van der Waals surface area contributed by atoms with Gasteiger partial charge in [-0.3, -0.25) is 0 Å². The number of rotatable bonds is 1. The second-order valence-corrected chi connectivity index (χ2v) is 2.01. The van der Waals surface area contributed by atoms with Gasteiger partial charge in [-0.1, -0.05) is 0 Å². The highest BCUT2D eigenvalue weighted by atomic mass is 16.3. The Morgan fingerprint density at radius 2 is 2.44 bits per heavy atom. The largest absolute Gasteiger partial charge is 0.376 e. The minimum Gasteiger partial charge on any atom is -0.376 e. The van der Waals surface area contributed by atoms with E-state index in [0.717, 1.165) is 5.57 Å². The van der Waals surface area contributed by atoms with Crippen LogP contribution in [0.4, 0.5) is 0 Å². The first-order valence-electron chi connectivity index (χ1n) is 2.95. The predicted molar refractivity (Wildman–Crippen MR) is 36.7 cm³/mol. The molecule has 1 atom stereocenters. The van der Waals surface area contributed by atoms with E-state index in [2.05, 4.69) is 6.08 Å².